The molecule has 0 saturated carbocycles. The predicted molar refractivity (Wildman–Crippen MR) is 121 cm³/mol. The summed E-state index contributed by atoms with van der Waals surface area (Å²) < 4.78 is 5.84. The van der Waals surface area contributed by atoms with E-state index in [0.717, 1.165) is 0 Å². The lowest BCUT2D eigenvalue weighted by Gasteiger charge is -2.23. The number of hydrazone groups is 1. The van der Waals surface area contributed by atoms with Gasteiger partial charge in [-0.1, -0.05) is 59.2 Å². The molecule has 9 heteroatoms. The van der Waals surface area contributed by atoms with Crippen LogP contribution in [0, 0.1) is 0 Å². The molecule has 2 aromatic rings. The molecule has 1 amide bonds. The molecule has 0 aliphatic carbocycles. The average Bonchev–Trinajstić information content (AvgIpc) is 2.66. The van der Waals surface area contributed by atoms with Crippen molar-refractivity contribution in [2.24, 2.45) is 10.1 Å². The number of hydrogen-bond donors (Lipinski definition) is 1. The molecule has 0 unspecified atom stereocenters. The van der Waals surface area contributed by atoms with Gasteiger partial charge in [-0.05, 0) is 30.3 Å². The Kier molecular flexibility index (Phi) is 7.57. The van der Waals surface area contributed by atoms with Gasteiger partial charge in [-0.15, -0.1) is 11.7 Å². The summed E-state index contributed by atoms with van der Waals surface area (Å²) in [4.78, 5) is 16.7. The SMILES string of the molecule is C=CCN1CC(Oc2ccccc2)=NC(SCC(=O)Nc2cc(Cl)cc(Cl)c2)=N1. The lowest BCUT2D eigenvalue weighted by Crippen LogP contribution is -2.33. The molecule has 1 aliphatic heterocycles. The topological polar surface area (TPSA) is 66.3 Å². The minimum Gasteiger partial charge on any atom is -0.441 e. The molecule has 1 heterocycles. The summed E-state index contributed by atoms with van der Waals surface area (Å²) in [7, 11) is 0. The first-order valence-corrected chi connectivity index (χ1v) is 10.4. The lowest BCUT2D eigenvalue weighted by molar-refractivity contribution is -0.113. The van der Waals surface area contributed by atoms with Crippen LogP contribution in [0.15, 0.2) is 71.3 Å². The van der Waals surface area contributed by atoms with Gasteiger partial charge in [-0.3, -0.25) is 9.80 Å². The highest BCUT2D eigenvalue weighted by atomic mass is 35.5. The molecule has 0 atom stereocenters. The minimum absolute atomic E-state index is 0.118. The Hall–Kier alpha value is -2.48. The molecule has 0 saturated heterocycles. The van der Waals surface area contributed by atoms with Crippen molar-refractivity contribution in [3.05, 3.63) is 71.2 Å². The van der Waals surface area contributed by atoms with Gasteiger partial charge in [-0.25, -0.2) is 0 Å². The fraction of sp³-hybridized carbons (Fsp3) is 0.150. The van der Waals surface area contributed by atoms with Crippen molar-refractivity contribution in [1.29, 1.82) is 0 Å². The van der Waals surface area contributed by atoms with Crippen LogP contribution in [-0.4, -0.2) is 40.8 Å². The maximum atomic E-state index is 12.3. The van der Waals surface area contributed by atoms with Crippen molar-refractivity contribution in [2.75, 3.05) is 24.2 Å². The smallest absolute Gasteiger partial charge is 0.234 e. The molecule has 0 radical (unpaired) electrons. The van der Waals surface area contributed by atoms with Gasteiger partial charge in [0.1, 0.15) is 12.3 Å². The maximum absolute atomic E-state index is 12.3. The average molecular weight is 449 g/mol. The lowest BCUT2D eigenvalue weighted by atomic mass is 10.3. The molecule has 1 N–H and O–H groups in total. The van der Waals surface area contributed by atoms with E-state index < -0.39 is 0 Å². The zero-order chi connectivity index (χ0) is 20.6. The highest BCUT2D eigenvalue weighted by Gasteiger charge is 2.18. The van der Waals surface area contributed by atoms with E-state index in [1.54, 1.807) is 29.3 Å². The van der Waals surface area contributed by atoms with Gasteiger partial charge in [0, 0.05) is 15.7 Å². The number of halogens is 2. The molecule has 0 aromatic heterocycles. The Morgan fingerprint density at radius 2 is 1.97 bits per heavy atom. The molecular formula is C20H18Cl2N4O2S. The van der Waals surface area contributed by atoms with Crippen molar-refractivity contribution in [3.8, 4) is 5.75 Å². The van der Waals surface area contributed by atoms with Crippen LogP contribution >= 0.6 is 35.0 Å². The highest BCUT2D eigenvalue weighted by Crippen LogP contribution is 2.23. The van der Waals surface area contributed by atoms with E-state index in [1.165, 1.54) is 11.8 Å². The number of aliphatic imine (C=N–C) groups is 1. The molecule has 6 nitrogen and oxygen atoms in total. The minimum atomic E-state index is -0.224. The number of carbonyl (C=O) groups is 1. The molecule has 0 spiro atoms. The quantitative estimate of drug-likeness (QED) is 0.637. The first-order chi connectivity index (χ1) is 14.0. The van der Waals surface area contributed by atoms with E-state index in [9.17, 15) is 4.79 Å². The fourth-order valence-electron chi connectivity index (χ4n) is 2.43. The van der Waals surface area contributed by atoms with Crippen LogP contribution in [0.4, 0.5) is 5.69 Å². The molecule has 29 heavy (non-hydrogen) atoms. The van der Waals surface area contributed by atoms with Gasteiger partial charge in [0.2, 0.25) is 17.0 Å². The number of amidine groups is 1. The summed E-state index contributed by atoms with van der Waals surface area (Å²) in [5.74, 6) is 1.08. The number of carbonyl (C=O) groups excluding carboxylic acids is 1. The summed E-state index contributed by atoms with van der Waals surface area (Å²) >= 11 is 13.1. The number of nitrogens with zero attached hydrogens (tertiary/aromatic N) is 3. The number of amides is 1. The van der Waals surface area contributed by atoms with Gasteiger partial charge in [0.25, 0.3) is 0 Å². The van der Waals surface area contributed by atoms with E-state index in [4.69, 9.17) is 27.9 Å². The van der Waals surface area contributed by atoms with E-state index in [1.807, 2.05) is 30.3 Å². The van der Waals surface area contributed by atoms with Crippen molar-refractivity contribution in [1.82, 2.24) is 5.01 Å². The largest absolute Gasteiger partial charge is 0.441 e. The van der Waals surface area contributed by atoms with Gasteiger partial charge < -0.3 is 10.1 Å². The second-order valence-electron chi connectivity index (χ2n) is 5.93. The van der Waals surface area contributed by atoms with E-state index in [2.05, 4.69) is 22.0 Å². The van der Waals surface area contributed by atoms with Gasteiger partial charge in [-0.2, -0.15) is 4.99 Å². The molecule has 2 aromatic carbocycles. The Morgan fingerprint density at radius 3 is 2.66 bits per heavy atom. The first kappa shape index (κ1) is 21.2. The number of ether oxygens (including phenoxy) is 1. The molecular weight excluding hydrogens is 431 g/mol. The number of thioether (sulfide) groups is 1. The van der Waals surface area contributed by atoms with Gasteiger partial charge in [0.05, 0.1) is 12.3 Å². The van der Waals surface area contributed by atoms with Crippen LogP contribution in [0.1, 0.15) is 0 Å². The summed E-state index contributed by atoms with van der Waals surface area (Å²) in [5, 5.41) is 10.3. The van der Waals surface area contributed by atoms with Crippen molar-refractivity contribution >= 4 is 57.6 Å². The summed E-state index contributed by atoms with van der Waals surface area (Å²) in [6, 6.07) is 14.2. The van der Waals surface area contributed by atoms with E-state index in [0.29, 0.717) is 45.6 Å². The Balaban J connectivity index is 1.63. The van der Waals surface area contributed by atoms with Crippen LogP contribution in [0.3, 0.4) is 0 Å². The molecule has 0 bridgehead atoms. The fourth-order valence-corrected chi connectivity index (χ4v) is 3.62. The third-order valence-corrected chi connectivity index (χ3v) is 4.84. The maximum Gasteiger partial charge on any atom is 0.234 e. The van der Waals surface area contributed by atoms with Crippen LogP contribution in [-0.2, 0) is 4.79 Å². The first-order valence-electron chi connectivity index (χ1n) is 8.65. The van der Waals surface area contributed by atoms with Crippen molar-refractivity contribution in [3.63, 3.8) is 0 Å². The number of hydrogen-bond acceptors (Lipinski definition) is 6. The number of para-hydroxylation sites is 1. The second-order valence-corrected chi connectivity index (χ2v) is 7.75. The standard InChI is InChI=1S/C20H18Cl2N4O2S/c1-2-8-26-12-19(28-17-6-4-3-5-7-17)24-20(25-26)29-13-18(27)23-16-10-14(21)9-15(22)11-16/h2-7,9-11H,1,8,12-13H2,(H,23,27). The normalized spacial score (nSPS) is 13.4. The van der Waals surface area contributed by atoms with Crippen LogP contribution in [0.25, 0.3) is 0 Å². The summed E-state index contributed by atoms with van der Waals surface area (Å²) in [6.45, 7) is 4.69. The number of rotatable bonds is 6. The predicted octanol–water partition coefficient (Wildman–Crippen LogP) is 4.92. The molecule has 150 valence electrons. The zero-order valence-corrected chi connectivity index (χ0v) is 17.7. The molecule has 1 aliphatic rings. The third-order valence-electron chi connectivity index (χ3n) is 3.56. The van der Waals surface area contributed by atoms with E-state index >= 15 is 0 Å². The van der Waals surface area contributed by atoms with Crippen LogP contribution in [0.2, 0.25) is 10.0 Å². The van der Waals surface area contributed by atoms with Crippen LogP contribution < -0.4 is 10.1 Å². The summed E-state index contributed by atoms with van der Waals surface area (Å²) in [6.07, 6.45) is 1.74. The molecule has 0 fully saturated rings. The molecule has 3 rings (SSSR count). The number of anilines is 1. The van der Waals surface area contributed by atoms with E-state index in [-0.39, 0.29) is 11.7 Å². The Labute approximate surface area is 183 Å². The third kappa shape index (κ3) is 6.81. The summed E-state index contributed by atoms with van der Waals surface area (Å²) in [5.41, 5.74) is 0.531. The highest BCUT2D eigenvalue weighted by molar-refractivity contribution is 8.14. The number of nitrogens with one attached hydrogen (secondary N) is 1. The van der Waals surface area contributed by atoms with Crippen LogP contribution in [0.5, 0.6) is 5.75 Å². The van der Waals surface area contributed by atoms with Gasteiger partial charge in [0.15, 0.2) is 0 Å². The van der Waals surface area contributed by atoms with Gasteiger partial charge >= 0.3 is 0 Å². The second kappa shape index (κ2) is 10.3. The Morgan fingerprint density at radius 1 is 1.24 bits per heavy atom. The van der Waals surface area contributed by atoms with Crippen molar-refractivity contribution < 1.29 is 9.53 Å². The number of benzene rings is 2. The Bertz CT molecular complexity index is 931. The van der Waals surface area contributed by atoms with Crippen molar-refractivity contribution in [2.45, 2.75) is 0 Å². The zero-order valence-electron chi connectivity index (χ0n) is 15.3. The monoisotopic (exact) mass is 448 g/mol.